The van der Waals surface area contributed by atoms with Crippen LogP contribution in [0.5, 0.6) is 0 Å². The molecule has 6 nitrogen and oxygen atoms in total. The lowest BCUT2D eigenvalue weighted by molar-refractivity contribution is -0.146. The smallest absolute Gasteiger partial charge is 0.251 e. The summed E-state index contributed by atoms with van der Waals surface area (Å²) in [4.78, 5) is 19.2. The zero-order chi connectivity index (χ0) is 17.8. The number of ether oxygens (including phenoxy) is 2. The molecule has 2 aliphatic rings. The average Bonchev–Trinajstić information content (AvgIpc) is 3.30. The molecule has 140 valence electrons. The van der Waals surface area contributed by atoms with Crippen molar-refractivity contribution in [2.45, 2.75) is 70.6 Å². The van der Waals surface area contributed by atoms with Crippen LogP contribution in [0.4, 0.5) is 0 Å². The highest BCUT2D eigenvalue weighted by atomic mass is 16.5. The Labute approximate surface area is 150 Å². The monoisotopic (exact) mass is 349 g/mol. The normalized spacial score (nSPS) is 25.5. The Bertz CT molecular complexity index is 566. The highest BCUT2D eigenvalue weighted by Crippen LogP contribution is 2.26. The van der Waals surface area contributed by atoms with E-state index in [1.165, 1.54) is 0 Å². The first-order valence-electron chi connectivity index (χ1n) is 9.61. The third kappa shape index (κ3) is 4.42. The van der Waals surface area contributed by atoms with Gasteiger partial charge in [-0.05, 0) is 32.6 Å². The Kier molecular flexibility index (Phi) is 6.12. The first kappa shape index (κ1) is 18.4. The Morgan fingerprint density at radius 1 is 1.36 bits per heavy atom. The Morgan fingerprint density at radius 3 is 2.92 bits per heavy atom. The maximum Gasteiger partial charge on any atom is 0.251 e. The van der Waals surface area contributed by atoms with Crippen LogP contribution >= 0.6 is 0 Å². The van der Waals surface area contributed by atoms with Gasteiger partial charge in [0.15, 0.2) is 0 Å². The van der Waals surface area contributed by atoms with Gasteiger partial charge in [-0.25, -0.2) is 4.98 Å². The Morgan fingerprint density at radius 2 is 2.20 bits per heavy atom. The zero-order valence-corrected chi connectivity index (χ0v) is 15.7. The van der Waals surface area contributed by atoms with E-state index in [1.807, 2.05) is 24.2 Å². The topological polar surface area (TPSA) is 56.6 Å². The van der Waals surface area contributed by atoms with Crippen LogP contribution in [0.2, 0.25) is 0 Å². The molecule has 0 spiro atoms. The largest absolute Gasteiger partial charge is 0.376 e. The molecule has 1 aromatic heterocycles. The van der Waals surface area contributed by atoms with E-state index in [-0.39, 0.29) is 12.0 Å². The molecule has 1 aromatic rings. The zero-order valence-electron chi connectivity index (χ0n) is 15.7. The van der Waals surface area contributed by atoms with E-state index in [0.717, 1.165) is 51.2 Å². The molecule has 0 N–H and O–H groups in total. The minimum atomic E-state index is -0.407. The van der Waals surface area contributed by atoms with Crippen molar-refractivity contribution in [1.82, 2.24) is 14.5 Å². The summed E-state index contributed by atoms with van der Waals surface area (Å²) in [6, 6.07) is 0.308. The number of hydrogen-bond acceptors (Lipinski definition) is 4. The standard InChI is InChI=1S/C19H31N3O3/c1-14(2)18-20-8-10-22(18)16-6-4-9-21(12-16)19(23)15(3)25-13-17-7-5-11-24-17/h8,10,14-17H,4-7,9,11-13H2,1-3H3/t15-,16-,17+/m0/s1. The second kappa shape index (κ2) is 8.32. The predicted octanol–water partition coefficient (Wildman–Crippen LogP) is 2.75. The van der Waals surface area contributed by atoms with Gasteiger partial charge in [-0.3, -0.25) is 4.79 Å². The summed E-state index contributed by atoms with van der Waals surface area (Å²) in [6.45, 7) is 9.06. The van der Waals surface area contributed by atoms with Gasteiger partial charge in [-0.15, -0.1) is 0 Å². The van der Waals surface area contributed by atoms with Gasteiger partial charge in [0.1, 0.15) is 11.9 Å². The van der Waals surface area contributed by atoms with Crippen molar-refractivity contribution in [1.29, 1.82) is 0 Å². The third-order valence-corrected chi connectivity index (χ3v) is 5.22. The minimum absolute atomic E-state index is 0.0916. The number of piperidine rings is 1. The quantitative estimate of drug-likeness (QED) is 0.792. The van der Waals surface area contributed by atoms with Gasteiger partial charge in [-0.1, -0.05) is 13.8 Å². The van der Waals surface area contributed by atoms with Crippen molar-refractivity contribution in [3.8, 4) is 0 Å². The van der Waals surface area contributed by atoms with Gasteiger partial charge >= 0.3 is 0 Å². The molecule has 2 fully saturated rings. The van der Waals surface area contributed by atoms with E-state index in [1.54, 1.807) is 0 Å². The minimum Gasteiger partial charge on any atom is -0.376 e. The number of hydrogen-bond donors (Lipinski definition) is 0. The van der Waals surface area contributed by atoms with Crippen LogP contribution in [0.1, 0.15) is 64.2 Å². The molecular formula is C19H31N3O3. The summed E-state index contributed by atoms with van der Waals surface area (Å²) in [5.74, 6) is 1.57. The fourth-order valence-corrected chi connectivity index (χ4v) is 3.82. The summed E-state index contributed by atoms with van der Waals surface area (Å²) >= 11 is 0. The van der Waals surface area contributed by atoms with Crippen molar-refractivity contribution in [2.24, 2.45) is 0 Å². The van der Waals surface area contributed by atoms with E-state index in [2.05, 4.69) is 23.4 Å². The molecule has 0 aliphatic carbocycles. The van der Waals surface area contributed by atoms with E-state index in [9.17, 15) is 4.79 Å². The Hall–Kier alpha value is -1.40. The molecule has 25 heavy (non-hydrogen) atoms. The van der Waals surface area contributed by atoms with Crippen LogP contribution in [0.25, 0.3) is 0 Å². The molecule has 3 rings (SSSR count). The van der Waals surface area contributed by atoms with Crippen molar-refractivity contribution < 1.29 is 14.3 Å². The summed E-state index contributed by atoms with van der Waals surface area (Å²) in [7, 11) is 0. The van der Waals surface area contributed by atoms with E-state index in [0.29, 0.717) is 18.6 Å². The van der Waals surface area contributed by atoms with Crippen molar-refractivity contribution in [2.75, 3.05) is 26.3 Å². The highest BCUT2D eigenvalue weighted by Gasteiger charge is 2.29. The lowest BCUT2D eigenvalue weighted by Gasteiger charge is -2.35. The number of imidazole rings is 1. The van der Waals surface area contributed by atoms with Gasteiger partial charge in [-0.2, -0.15) is 0 Å². The lowest BCUT2D eigenvalue weighted by Crippen LogP contribution is -2.46. The average molecular weight is 349 g/mol. The molecule has 0 radical (unpaired) electrons. The third-order valence-electron chi connectivity index (χ3n) is 5.22. The van der Waals surface area contributed by atoms with Gasteiger partial charge in [0.25, 0.3) is 5.91 Å². The Balaban J connectivity index is 1.56. The van der Waals surface area contributed by atoms with Crippen molar-refractivity contribution in [3.05, 3.63) is 18.2 Å². The maximum atomic E-state index is 12.8. The number of rotatable bonds is 6. The number of likely N-dealkylation sites (tertiary alicyclic amines) is 1. The molecule has 0 bridgehead atoms. The fourth-order valence-electron chi connectivity index (χ4n) is 3.82. The first-order chi connectivity index (χ1) is 12.1. The molecule has 0 unspecified atom stereocenters. The molecule has 6 heteroatoms. The summed E-state index contributed by atoms with van der Waals surface area (Å²) in [5, 5.41) is 0. The van der Waals surface area contributed by atoms with Crippen molar-refractivity contribution in [3.63, 3.8) is 0 Å². The molecule has 1 amide bonds. The second-order valence-electron chi connectivity index (χ2n) is 7.54. The molecule has 3 heterocycles. The van der Waals surface area contributed by atoms with Gasteiger partial charge in [0.2, 0.25) is 0 Å². The molecule has 0 aromatic carbocycles. The number of carbonyl (C=O) groups is 1. The van der Waals surface area contributed by atoms with E-state index >= 15 is 0 Å². The predicted molar refractivity (Wildman–Crippen MR) is 95.6 cm³/mol. The SMILES string of the molecule is CC(C)c1nccn1[C@H]1CCCN(C(=O)[C@H](C)OC[C@H]2CCCO2)C1. The van der Waals surface area contributed by atoms with Crippen molar-refractivity contribution >= 4 is 5.91 Å². The second-order valence-corrected chi connectivity index (χ2v) is 7.54. The van der Waals surface area contributed by atoms with Crippen LogP contribution in [0.15, 0.2) is 12.4 Å². The number of carbonyl (C=O) groups excluding carboxylic acids is 1. The van der Waals surface area contributed by atoms with Gasteiger partial charge in [0, 0.05) is 38.0 Å². The van der Waals surface area contributed by atoms with Gasteiger partial charge in [0.05, 0.1) is 18.8 Å². The summed E-state index contributed by atoms with van der Waals surface area (Å²) in [5.41, 5.74) is 0. The fraction of sp³-hybridized carbons (Fsp3) is 0.789. The van der Waals surface area contributed by atoms with Crippen LogP contribution in [0, 0.1) is 0 Å². The van der Waals surface area contributed by atoms with E-state index in [4.69, 9.17) is 9.47 Å². The first-order valence-corrected chi connectivity index (χ1v) is 9.61. The van der Waals surface area contributed by atoms with E-state index < -0.39 is 6.10 Å². The molecule has 3 atom stereocenters. The summed E-state index contributed by atoms with van der Waals surface area (Å²) < 4.78 is 13.6. The molecule has 2 saturated heterocycles. The molecular weight excluding hydrogens is 318 g/mol. The lowest BCUT2D eigenvalue weighted by atomic mass is 10.0. The molecule has 2 aliphatic heterocycles. The van der Waals surface area contributed by atoms with Crippen LogP contribution in [-0.4, -0.2) is 58.9 Å². The van der Waals surface area contributed by atoms with Crippen LogP contribution < -0.4 is 0 Å². The maximum absolute atomic E-state index is 12.8. The number of nitrogens with zero attached hydrogens (tertiary/aromatic N) is 3. The van der Waals surface area contributed by atoms with Gasteiger partial charge < -0.3 is 18.9 Å². The summed E-state index contributed by atoms with van der Waals surface area (Å²) in [6.07, 6.45) is 7.89. The number of amides is 1. The number of aromatic nitrogens is 2. The van der Waals surface area contributed by atoms with Crippen LogP contribution in [-0.2, 0) is 14.3 Å². The van der Waals surface area contributed by atoms with Crippen LogP contribution in [0.3, 0.4) is 0 Å². The molecule has 0 saturated carbocycles. The highest BCUT2D eigenvalue weighted by molar-refractivity contribution is 5.80.